The minimum atomic E-state index is -0.378. The molecule has 1 saturated heterocycles. The van der Waals surface area contributed by atoms with E-state index in [4.69, 9.17) is 4.74 Å². The van der Waals surface area contributed by atoms with Gasteiger partial charge in [0.2, 0.25) is 5.91 Å². The highest BCUT2D eigenvalue weighted by molar-refractivity contribution is 6.99. The Morgan fingerprint density at radius 1 is 1.21 bits per heavy atom. The van der Waals surface area contributed by atoms with Crippen LogP contribution >= 0.6 is 11.7 Å². The molecular weight excluding hydrogens is 324 g/mol. The van der Waals surface area contributed by atoms with Crippen molar-refractivity contribution >= 4 is 23.5 Å². The van der Waals surface area contributed by atoms with Crippen LogP contribution in [-0.2, 0) is 10.2 Å². The molecule has 2 heterocycles. The summed E-state index contributed by atoms with van der Waals surface area (Å²) < 4.78 is 13.8. The first-order valence-electron chi connectivity index (χ1n) is 8.20. The number of methoxy groups -OCH3 is 1. The fraction of sp³-hybridized carbons (Fsp3) is 0.471. The first-order valence-corrected chi connectivity index (χ1v) is 8.93. The van der Waals surface area contributed by atoms with Gasteiger partial charge in [0.15, 0.2) is 5.82 Å². The average molecular weight is 344 g/mol. The summed E-state index contributed by atoms with van der Waals surface area (Å²) in [6.07, 6.45) is 3.60. The van der Waals surface area contributed by atoms with Crippen molar-refractivity contribution in [3.63, 3.8) is 0 Å². The summed E-state index contributed by atoms with van der Waals surface area (Å²) in [5.74, 6) is 1.97. The van der Waals surface area contributed by atoms with Crippen LogP contribution in [0, 0.1) is 0 Å². The molecule has 1 aromatic carbocycles. The molecule has 6 nitrogen and oxygen atoms in total. The van der Waals surface area contributed by atoms with Crippen molar-refractivity contribution in [2.45, 2.75) is 18.3 Å². The Morgan fingerprint density at radius 2 is 1.96 bits per heavy atom. The highest BCUT2D eigenvalue weighted by atomic mass is 32.1. The van der Waals surface area contributed by atoms with Crippen LogP contribution < -0.4 is 9.64 Å². The van der Waals surface area contributed by atoms with Crippen molar-refractivity contribution in [1.29, 1.82) is 0 Å². The van der Waals surface area contributed by atoms with Gasteiger partial charge in [-0.3, -0.25) is 4.79 Å². The van der Waals surface area contributed by atoms with Crippen LogP contribution in [0.2, 0.25) is 0 Å². The number of anilines is 1. The molecular formula is C17H20N4O2S. The number of amides is 1. The minimum Gasteiger partial charge on any atom is -0.496 e. The highest BCUT2D eigenvalue weighted by Crippen LogP contribution is 2.52. The molecule has 0 unspecified atom stereocenters. The summed E-state index contributed by atoms with van der Waals surface area (Å²) in [5.41, 5.74) is 0.653. The van der Waals surface area contributed by atoms with Crippen molar-refractivity contribution in [3.8, 4) is 5.75 Å². The van der Waals surface area contributed by atoms with Crippen LogP contribution in [0.15, 0.2) is 30.5 Å². The lowest BCUT2D eigenvalue weighted by Gasteiger charge is -2.36. The molecule has 1 aromatic heterocycles. The predicted molar refractivity (Wildman–Crippen MR) is 92.6 cm³/mol. The quantitative estimate of drug-likeness (QED) is 0.848. The molecule has 1 aliphatic heterocycles. The average Bonchev–Trinajstić information content (AvgIpc) is 3.27. The Kier molecular flexibility index (Phi) is 3.88. The highest BCUT2D eigenvalue weighted by Gasteiger charge is 2.54. The summed E-state index contributed by atoms with van der Waals surface area (Å²) in [6, 6.07) is 7.90. The normalized spacial score (nSPS) is 19.2. The molecule has 2 aromatic rings. The van der Waals surface area contributed by atoms with E-state index in [1.807, 2.05) is 29.2 Å². The van der Waals surface area contributed by atoms with E-state index in [9.17, 15) is 4.79 Å². The van der Waals surface area contributed by atoms with E-state index in [-0.39, 0.29) is 11.3 Å². The topological polar surface area (TPSA) is 58.6 Å². The third kappa shape index (κ3) is 2.53. The van der Waals surface area contributed by atoms with Crippen molar-refractivity contribution in [2.24, 2.45) is 0 Å². The molecule has 0 radical (unpaired) electrons. The number of nitrogens with zero attached hydrogens (tertiary/aromatic N) is 4. The van der Waals surface area contributed by atoms with Gasteiger partial charge in [0.25, 0.3) is 0 Å². The first kappa shape index (κ1) is 15.4. The second kappa shape index (κ2) is 6.05. The van der Waals surface area contributed by atoms with Crippen molar-refractivity contribution in [2.75, 3.05) is 38.2 Å². The van der Waals surface area contributed by atoms with Gasteiger partial charge >= 0.3 is 0 Å². The lowest BCUT2D eigenvalue weighted by Crippen LogP contribution is -2.51. The van der Waals surface area contributed by atoms with Gasteiger partial charge in [-0.25, -0.2) is 0 Å². The molecule has 2 fully saturated rings. The molecule has 24 heavy (non-hydrogen) atoms. The van der Waals surface area contributed by atoms with E-state index >= 15 is 0 Å². The van der Waals surface area contributed by atoms with E-state index in [1.54, 1.807) is 13.3 Å². The van der Waals surface area contributed by atoms with E-state index < -0.39 is 0 Å². The second-order valence-electron chi connectivity index (χ2n) is 6.33. The third-order valence-corrected chi connectivity index (χ3v) is 5.49. The number of ether oxygens (including phenoxy) is 1. The van der Waals surface area contributed by atoms with Crippen molar-refractivity contribution in [3.05, 3.63) is 36.0 Å². The number of benzene rings is 1. The molecule has 1 amide bonds. The van der Waals surface area contributed by atoms with Gasteiger partial charge in [-0.15, -0.1) is 0 Å². The maximum Gasteiger partial charge on any atom is 0.233 e. The number of piperazine rings is 1. The zero-order valence-corrected chi connectivity index (χ0v) is 14.5. The van der Waals surface area contributed by atoms with Crippen LogP contribution in [0.25, 0.3) is 0 Å². The molecule has 4 rings (SSSR count). The van der Waals surface area contributed by atoms with Crippen LogP contribution in [0.4, 0.5) is 5.82 Å². The molecule has 1 saturated carbocycles. The zero-order valence-electron chi connectivity index (χ0n) is 13.6. The number of carbonyl (C=O) groups excluding carboxylic acids is 1. The Labute approximate surface area is 145 Å². The Morgan fingerprint density at radius 3 is 2.58 bits per heavy atom. The molecule has 2 aliphatic rings. The molecule has 0 atom stereocenters. The Bertz CT molecular complexity index is 722. The molecule has 0 bridgehead atoms. The fourth-order valence-corrected chi connectivity index (χ4v) is 3.94. The van der Waals surface area contributed by atoms with Crippen LogP contribution in [-0.4, -0.2) is 52.8 Å². The molecule has 126 valence electrons. The largest absolute Gasteiger partial charge is 0.496 e. The number of rotatable bonds is 4. The van der Waals surface area contributed by atoms with Crippen LogP contribution in [0.1, 0.15) is 18.4 Å². The summed E-state index contributed by atoms with van der Waals surface area (Å²) in [7, 11) is 1.67. The van der Waals surface area contributed by atoms with E-state index in [0.29, 0.717) is 0 Å². The number of aromatic nitrogens is 2. The van der Waals surface area contributed by atoms with Gasteiger partial charge in [0.1, 0.15) is 5.75 Å². The Balaban J connectivity index is 1.48. The van der Waals surface area contributed by atoms with Gasteiger partial charge in [-0.2, -0.15) is 8.75 Å². The molecule has 1 aliphatic carbocycles. The standard InChI is InChI=1S/C17H20N4O2S/c1-23-14-5-3-2-4-13(14)17(6-7-17)16(22)21-10-8-20(9-11-21)15-12-18-24-19-15/h2-5,12H,6-11H2,1H3. The first-order chi connectivity index (χ1) is 11.7. The second-order valence-corrected chi connectivity index (χ2v) is 6.88. The number of para-hydroxylation sites is 1. The van der Waals surface area contributed by atoms with Crippen molar-refractivity contribution < 1.29 is 9.53 Å². The monoisotopic (exact) mass is 344 g/mol. The predicted octanol–water partition coefficient (Wildman–Crippen LogP) is 1.93. The number of carbonyl (C=O) groups is 1. The number of hydrogen-bond donors (Lipinski definition) is 0. The summed E-state index contributed by atoms with van der Waals surface area (Å²) in [5, 5.41) is 0. The van der Waals surface area contributed by atoms with Crippen LogP contribution in [0.3, 0.4) is 0 Å². The lowest BCUT2D eigenvalue weighted by molar-refractivity contribution is -0.134. The number of hydrogen-bond acceptors (Lipinski definition) is 6. The smallest absolute Gasteiger partial charge is 0.233 e. The summed E-state index contributed by atoms with van der Waals surface area (Å²) >= 11 is 1.22. The molecule has 7 heteroatoms. The molecule has 0 spiro atoms. The summed E-state index contributed by atoms with van der Waals surface area (Å²) in [6.45, 7) is 3.07. The maximum absolute atomic E-state index is 13.2. The zero-order chi connectivity index (χ0) is 16.6. The van der Waals surface area contributed by atoms with E-state index in [0.717, 1.165) is 56.2 Å². The molecule has 0 N–H and O–H groups in total. The Hall–Kier alpha value is -2.15. The summed E-state index contributed by atoms with van der Waals surface area (Å²) in [4.78, 5) is 17.4. The fourth-order valence-electron chi connectivity index (χ4n) is 3.50. The van der Waals surface area contributed by atoms with Gasteiger partial charge in [0, 0.05) is 31.7 Å². The third-order valence-electron chi connectivity index (χ3n) is 5.02. The van der Waals surface area contributed by atoms with Gasteiger partial charge in [-0.1, -0.05) is 18.2 Å². The van der Waals surface area contributed by atoms with Gasteiger partial charge in [0.05, 0.1) is 30.4 Å². The van der Waals surface area contributed by atoms with E-state index in [1.165, 1.54) is 11.7 Å². The van der Waals surface area contributed by atoms with Crippen LogP contribution in [0.5, 0.6) is 5.75 Å². The lowest BCUT2D eigenvalue weighted by atomic mass is 9.93. The maximum atomic E-state index is 13.2. The minimum absolute atomic E-state index is 0.239. The SMILES string of the molecule is COc1ccccc1C1(C(=O)N2CCN(c3cnsn3)CC2)CC1. The van der Waals surface area contributed by atoms with E-state index in [2.05, 4.69) is 13.6 Å². The van der Waals surface area contributed by atoms with Crippen molar-refractivity contribution in [1.82, 2.24) is 13.6 Å². The van der Waals surface area contributed by atoms with Gasteiger partial charge in [-0.05, 0) is 18.9 Å². The van der Waals surface area contributed by atoms with Gasteiger partial charge < -0.3 is 14.5 Å².